The predicted molar refractivity (Wildman–Crippen MR) is 133 cm³/mol. The third kappa shape index (κ3) is 4.49. The van der Waals surface area contributed by atoms with Crippen molar-refractivity contribution in [2.24, 2.45) is 0 Å². The number of halogens is 3. The van der Waals surface area contributed by atoms with Crippen LogP contribution in [0.1, 0.15) is 23.2 Å². The van der Waals surface area contributed by atoms with Crippen LogP contribution in [0.5, 0.6) is 5.75 Å². The lowest BCUT2D eigenvalue weighted by Gasteiger charge is -2.09. The molecule has 0 amide bonds. The van der Waals surface area contributed by atoms with Gasteiger partial charge in [0.1, 0.15) is 28.2 Å². The highest BCUT2D eigenvalue weighted by molar-refractivity contribution is 7.15. The van der Waals surface area contributed by atoms with Crippen molar-refractivity contribution in [3.8, 4) is 27.8 Å². The van der Waals surface area contributed by atoms with Crippen molar-refractivity contribution in [2.45, 2.75) is 27.3 Å². The first-order valence-corrected chi connectivity index (χ1v) is 12.1. The van der Waals surface area contributed by atoms with E-state index in [1.807, 2.05) is 38.1 Å². The summed E-state index contributed by atoms with van der Waals surface area (Å²) >= 11 is 7.89. The highest BCUT2D eigenvalue weighted by Crippen LogP contribution is 2.33. The fourth-order valence-electron chi connectivity index (χ4n) is 3.95. The lowest BCUT2D eigenvalue weighted by molar-refractivity contribution is 0.335. The van der Waals surface area contributed by atoms with E-state index in [4.69, 9.17) is 21.3 Å². The minimum Gasteiger partial charge on any atom is -0.494 e. The molecule has 3 heterocycles. The van der Waals surface area contributed by atoms with Crippen LogP contribution in [0.4, 0.5) is 8.78 Å². The Hall–Kier alpha value is -3.43. The number of thiazole rings is 1. The molecule has 0 atom stereocenters. The first kappa shape index (κ1) is 23.3. The summed E-state index contributed by atoms with van der Waals surface area (Å²) in [6.45, 7) is 5.79. The van der Waals surface area contributed by atoms with Crippen molar-refractivity contribution in [1.29, 1.82) is 0 Å². The van der Waals surface area contributed by atoms with Gasteiger partial charge in [0.15, 0.2) is 5.82 Å². The maximum atomic E-state index is 14.8. The van der Waals surface area contributed by atoms with Gasteiger partial charge in [-0.2, -0.15) is 5.10 Å². The summed E-state index contributed by atoms with van der Waals surface area (Å²) in [4.78, 5) is 14.5. The molecule has 6 nitrogen and oxygen atoms in total. The zero-order chi connectivity index (χ0) is 24.7. The Labute approximate surface area is 209 Å². The van der Waals surface area contributed by atoms with Gasteiger partial charge in [0.25, 0.3) is 0 Å². The number of benzene rings is 2. The van der Waals surface area contributed by atoms with Crippen LogP contribution >= 0.6 is 22.9 Å². The van der Waals surface area contributed by atoms with Crippen LogP contribution in [0.2, 0.25) is 5.15 Å². The molecule has 3 aromatic heterocycles. The number of hydrogen-bond acceptors (Lipinski definition) is 6. The summed E-state index contributed by atoms with van der Waals surface area (Å²) in [6, 6.07) is 11.4. The van der Waals surface area contributed by atoms with Gasteiger partial charge in [-0.05, 0) is 26.8 Å². The van der Waals surface area contributed by atoms with Gasteiger partial charge in [-0.3, -0.25) is 4.68 Å². The second-order valence-electron chi connectivity index (χ2n) is 7.87. The van der Waals surface area contributed by atoms with E-state index in [9.17, 15) is 8.78 Å². The third-order valence-electron chi connectivity index (χ3n) is 5.43. The van der Waals surface area contributed by atoms with Crippen molar-refractivity contribution in [3.63, 3.8) is 0 Å². The smallest absolute Gasteiger partial charge is 0.182 e. The molecule has 0 spiro atoms. The van der Waals surface area contributed by atoms with E-state index in [1.165, 1.54) is 23.5 Å². The Morgan fingerprint density at radius 1 is 1.03 bits per heavy atom. The van der Waals surface area contributed by atoms with Gasteiger partial charge < -0.3 is 4.74 Å². The summed E-state index contributed by atoms with van der Waals surface area (Å²) in [6.07, 6.45) is 0. The number of hydrogen-bond donors (Lipinski definition) is 0. The molecule has 0 unspecified atom stereocenters. The second-order valence-corrected chi connectivity index (χ2v) is 9.46. The van der Waals surface area contributed by atoms with E-state index in [1.54, 1.807) is 17.7 Å². The van der Waals surface area contributed by atoms with Crippen LogP contribution in [0.25, 0.3) is 33.0 Å². The molecule has 2 aromatic carbocycles. The number of ether oxygens (including phenoxy) is 1. The topological polar surface area (TPSA) is 65.7 Å². The lowest BCUT2D eigenvalue weighted by Crippen LogP contribution is -2.07. The molecular weight excluding hydrogens is 492 g/mol. The molecule has 0 radical (unpaired) electrons. The quantitative estimate of drug-likeness (QED) is 0.240. The molecule has 35 heavy (non-hydrogen) atoms. The van der Waals surface area contributed by atoms with Crippen LogP contribution in [-0.2, 0) is 6.54 Å². The van der Waals surface area contributed by atoms with Crippen molar-refractivity contribution in [2.75, 3.05) is 6.61 Å². The molecule has 5 rings (SSSR count). The zero-order valence-electron chi connectivity index (χ0n) is 19.1. The molecule has 0 saturated carbocycles. The average Bonchev–Trinajstić information content (AvgIpc) is 3.35. The van der Waals surface area contributed by atoms with Gasteiger partial charge >= 0.3 is 0 Å². The van der Waals surface area contributed by atoms with Crippen LogP contribution in [-0.4, -0.2) is 31.3 Å². The second kappa shape index (κ2) is 9.31. The van der Waals surface area contributed by atoms with Gasteiger partial charge in [-0.1, -0.05) is 29.8 Å². The molecule has 0 fully saturated rings. The Morgan fingerprint density at radius 2 is 1.77 bits per heavy atom. The average molecular weight is 512 g/mol. The minimum absolute atomic E-state index is 0.114. The molecule has 0 aliphatic carbocycles. The van der Waals surface area contributed by atoms with E-state index in [0.29, 0.717) is 29.3 Å². The summed E-state index contributed by atoms with van der Waals surface area (Å²) in [5.41, 5.74) is 2.53. The van der Waals surface area contributed by atoms with E-state index < -0.39 is 11.6 Å². The summed E-state index contributed by atoms with van der Waals surface area (Å²) < 4.78 is 36.3. The highest BCUT2D eigenvalue weighted by atomic mass is 35.5. The maximum absolute atomic E-state index is 14.8. The van der Waals surface area contributed by atoms with E-state index in [0.717, 1.165) is 21.0 Å². The molecule has 0 N–H and O–H groups in total. The van der Waals surface area contributed by atoms with Crippen LogP contribution in [0.3, 0.4) is 0 Å². The summed E-state index contributed by atoms with van der Waals surface area (Å²) in [5, 5.41) is 6.58. The van der Waals surface area contributed by atoms with Crippen molar-refractivity contribution < 1.29 is 13.5 Å². The highest BCUT2D eigenvalue weighted by Gasteiger charge is 2.20. The molecule has 5 aromatic rings. The Kier molecular flexibility index (Phi) is 6.21. The van der Waals surface area contributed by atoms with Gasteiger partial charge in [0.05, 0.1) is 39.9 Å². The number of nitrogens with zero attached hydrogens (tertiary/aromatic N) is 5. The standard InChI is InChI=1S/C25H20ClF2N5OS/c1-4-34-15-9-18(27)17(19(28)10-15)12-33-21-8-6-5-7-16(21)23(32-33)25-30-20(11-22(26)31-25)24-13(2)29-14(3)35-24/h5-11H,4,12H2,1-3H3. The van der Waals surface area contributed by atoms with E-state index >= 15 is 0 Å². The van der Waals surface area contributed by atoms with Crippen molar-refractivity contribution in [3.05, 3.63) is 75.5 Å². The molecule has 178 valence electrons. The zero-order valence-corrected chi connectivity index (χ0v) is 20.7. The molecule has 0 saturated heterocycles. The van der Waals surface area contributed by atoms with Crippen LogP contribution < -0.4 is 4.74 Å². The van der Waals surface area contributed by atoms with Gasteiger partial charge in [-0.25, -0.2) is 23.7 Å². The number of rotatable bonds is 6. The summed E-state index contributed by atoms with van der Waals surface area (Å²) in [5.74, 6) is -0.940. The minimum atomic E-state index is -0.702. The maximum Gasteiger partial charge on any atom is 0.182 e. The van der Waals surface area contributed by atoms with E-state index in [2.05, 4.69) is 15.1 Å². The number of fused-ring (bicyclic) bond motifs is 1. The lowest BCUT2D eigenvalue weighted by atomic mass is 10.1. The van der Waals surface area contributed by atoms with Crippen LogP contribution in [0, 0.1) is 25.5 Å². The van der Waals surface area contributed by atoms with Crippen molar-refractivity contribution in [1.82, 2.24) is 24.7 Å². The Balaban J connectivity index is 1.62. The van der Waals surface area contributed by atoms with Crippen LogP contribution in [0.15, 0.2) is 42.5 Å². The summed E-state index contributed by atoms with van der Waals surface area (Å²) in [7, 11) is 0. The molecule has 0 aliphatic rings. The fraction of sp³-hybridized carbons (Fsp3) is 0.200. The normalized spacial score (nSPS) is 11.4. The Bertz CT molecular complexity index is 1540. The largest absolute Gasteiger partial charge is 0.494 e. The van der Waals surface area contributed by atoms with Gasteiger partial charge in [0.2, 0.25) is 0 Å². The van der Waals surface area contributed by atoms with Gasteiger partial charge in [-0.15, -0.1) is 11.3 Å². The predicted octanol–water partition coefficient (Wildman–Crippen LogP) is 6.61. The SMILES string of the molecule is CCOc1cc(F)c(Cn2nc(-c3nc(Cl)cc(-c4sc(C)nc4C)n3)c3ccccc32)c(F)c1. The molecular formula is C25H20ClF2N5OS. The molecule has 0 bridgehead atoms. The van der Waals surface area contributed by atoms with E-state index in [-0.39, 0.29) is 23.0 Å². The number of aromatic nitrogens is 5. The fourth-order valence-corrected chi connectivity index (χ4v) is 5.02. The monoisotopic (exact) mass is 511 g/mol. The first-order valence-electron chi connectivity index (χ1n) is 10.9. The number of para-hydroxylation sites is 1. The molecule has 10 heteroatoms. The third-order valence-corrected chi connectivity index (χ3v) is 6.72. The Morgan fingerprint density at radius 3 is 2.46 bits per heavy atom. The first-order chi connectivity index (χ1) is 16.8. The van der Waals surface area contributed by atoms with Crippen molar-refractivity contribution >= 4 is 33.8 Å². The molecule has 0 aliphatic heterocycles. The number of aryl methyl sites for hydroxylation is 2. The van der Waals surface area contributed by atoms with Gasteiger partial charge in [0, 0.05) is 29.1 Å².